The number of esters is 1. The number of aromatic nitrogens is 2. The molecule has 0 aliphatic rings. The first-order chi connectivity index (χ1) is 14.5. The zero-order valence-corrected chi connectivity index (χ0v) is 17.3. The SMILES string of the molecule is COc1ccc(CCNC(=O)COC(=O)c2ccc(-n3nc(C)cc3C)cc2)cc1. The number of methoxy groups -OCH3 is 1. The number of amides is 1. The van der Waals surface area contributed by atoms with Gasteiger partial charge in [0.25, 0.3) is 5.91 Å². The van der Waals surface area contributed by atoms with Crippen molar-refractivity contribution in [1.82, 2.24) is 15.1 Å². The maximum absolute atomic E-state index is 12.2. The highest BCUT2D eigenvalue weighted by molar-refractivity contribution is 5.91. The Morgan fingerprint density at radius 2 is 1.73 bits per heavy atom. The van der Waals surface area contributed by atoms with Gasteiger partial charge in [-0.15, -0.1) is 0 Å². The fraction of sp³-hybridized carbons (Fsp3) is 0.261. The second kappa shape index (κ2) is 9.73. The molecule has 0 aliphatic carbocycles. The van der Waals surface area contributed by atoms with Gasteiger partial charge in [0, 0.05) is 12.2 Å². The quantitative estimate of drug-likeness (QED) is 0.581. The van der Waals surface area contributed by atoms with Crippen LogP contribution in [0.2, 0.25) is 0 Å². The van der Waals surface area contributed by atoms with Crippen molar-refractivity contribution in [1.29, 1.82) is 0 Å². The van der Waals surface area contributed by atoms with E-state index in [4.69, 9.17) is 9.47 Å². The monoisotopic (exact) mass is 407 g/mol. The van der Waals surface area contributed by atoms with Gasteiger partial charge in [0.1, 0.15) is 5.75 Å². The van der Waals surface area contributed by atoms with Crippen LogP contribution in [-0.4, -0.2) is 41.9 Å². The average Bonchev–Trinajstić information content (AvgIpc) is 3.10. The van der Waals surface area contributed by atoms with Gasteiger partial charge >= 0.3 is 5.97 Å². The fourth-order valence-corrected chi connectivity index (χ4v) is 3.03. The van der Waals surface area contributed by atoms with E-state index in [1.54, 1.807) is 36.1 Å². The van der Waals surface area contributed by atoms with Crippen LogP contribution in [0.4, 0.5) is 0 Å². The number of carbonyl (C=O) groups is 2. The molecule has 0 fully saturated rings. The second-order valence-electron chi connectivity index (χ2n) is 6.91. The summed E-state index contributed by atoms with van der Waals surface area (Å²) in [7, 11) is 1.62. The molecule has 1 amide bonds. The maximum atomic E-state index is 12.2. The molecule has 3 aromatic rings. The standard InChI is InChI=1S/C23H25N3O4/c1-16-14-17(2)26(25-16)20-8-6-19(7-9-20)23(28)30-15-22(27)24-13-12-18-4-10-21(29-3)11-5-18/h4-11,14H,12-13,15H2,1-3H3,(H,24,27). The lowest BCUT2D eigenvalue weighted by molar-refractivity contribution is -0.124. The highest BCUT2D eigenvalue weighted by Gasteiger charge is 2.11. The first kappa shape index (κ1) is 21.1. The van der Waals surface area contributed by atoms with Crippen molar-refractivity contribution >= 4 is 11.9 Å². The number of aryl methyl sites for hydroxylation is 2. The molecule has 1 N–H and O–H groups in total. The zero-order chi connectivity index (χ0) is 21.5. The number of nitrogens with one attached hydrogen (secondary N) is 1. The molecule has 0 atom stereocenters. The summed E-state index contributed by atoms with van der Waals surface area (Å²) in [4.78, 5) is 24.1. The molecular weight excluding hydrogens is 382 g/mol. The van der Waals surface area contributed by atoms with Gasteiger partial charge in [0.05, 0.1) is 24.1 Å². The molecule has 1 aromatic heterocycles. The molecule has 3 rings (SSSR count). The van der Waals surface area contributed by atoms with Crippen LogP contribution in [0.3, 0.4) is 0 Å². The molecule has 0 bridgehead atoms. The minimum Gasteiger partial charge on any atom is -0.497 e. The van der Waals surface area contributed by atoms with Gasteiger partial charge < -0.3 is 14.8 Å². The lowest BCUT2D eigenvalue weighted by Crippen LogP contribution is -2.30. The molecule has 0 aliphatic heterocycles. The largest absolute Gasteiger partial charge is 0.497 e. The predicted octanol–water partition coefficient (Wildman–Crippen LogP) is 3.01. The third-order valence-corrected chi connectivity index (χ3v) is 4.59. The summed E-state index contributed by atoms with van der Waals surface area (Å²) in [6.45, 7) is 4.04. The Hall–Kier alpha value is -3.61. The Morgan fingerprint density at radius 1 is 1.03 bits per heavy atom. The van der Waals surface area contributed by atoms with E-state index in [-0.39, 0.29) is 12.5 Å². The third-order valence-electron chi connectivity index (χ3n) is 4.59. The lowest BCUT2D eigenvalue weighted by Gasteiger charge is -2.08. The molecule has 0 radical (unpaired) electrons. The van der Waals surface area contributed by atoms with Crippen LogP contribution in [0.1, 0.15) is 27.3 Å². The van der Waals surface area contributed by atoms with Crippen LogP contribution in [0.5, 0.6) is 5.75 Å². The van der Waals surface area contributed by atoms with Gasteiger partial charge in [-0.2, -0.15) is 5.10 Å². The Morgan fingerprint density at radius 3 is 2.33 bits per heavy atom. The maximum Gasteiger partial charge on any atom is 0.338 e. The van der Waals surface area contributed by atoms with E-state index in [0.29, 0.717) is 18.5 Å². The van der Waals surface area contributed by atoms with Crippen molar-refractivity contribution in [2.45, 2.75) is 20.3 Å². The molecule has 0 saturated carbocycles. The lowest BCUT2D eigenvalue weighted by atomic mass is 10.1. The van der Waals surface area contributed by atoms with Crippen molar-refractivity contribution < 1.29 is 19.1 Å². The van der Waals surface area contributed by atoms with Gasteiger partial charge in [-0.1, -0.05) is 12.1 Å². The summed E-state index contributed by atoms with van der Waals surface area (Å²) < 4.78 is 12.0. The van der Waals surface area contributed by atoms with Gasteiger partial charge in [0.2, 0.25) is 0 Å². The zero-order valence-electron chi connectivity index (χ0n) is 17.3. The number of ether oxygens (including phenoxy) is 2. The predicted molar refractivity (Wildman–Crippen MR) is 113 cm³/mol. The van der Waals surface area contributed by atoms with Crippen molar-refractivity contribution in [2.75, 3.05) is 20.3 Å². The van der Waals surface area contributed by atoms with Gasteiger partial charge in [-0.25, -0.2) is 9.48 Å². The fourth-order valence-electron chi connectivity index (χ4n) is 3.03. The molecule has 30 heavy (non-hydrogen) atoms. The number of rotatable bonds is 8. The van der Waals surface area contributed by atoms with Crippen LogP contribution in [0.25, 0.3) is 5.69 Å². The summed E-state index contributed by atoms with van der Waals surface area (Å²) in [6.07, 6.45) is 0.678. The van der Waals surface area contributed by atoms with E-state index in [1.807, 2.05) is 44.2 Å². The number of nitrogens with zero attached hydrogens (tertiary/aromatic N) is 2. The average molecular weight is 407 g/mol. The van der Waals surface area contributed by atoms with E-state index >= 15 is 0 Å². The molecule has 0 unspecified atom stereocenters. The Kier molecular flexibility index (Phi) is 6.85. The van der Waals surface area contributed by atoms with Crippen molar-refractivity contribution in [2.24, 2.45) is 0 Å². The van der Waals surface area contributed by atoms with Crippen LogP contribution < -0.4 is 10.1 Å². The number of benzene rings is 2. The topological polar surface area (TPSA) is 82.5 Å². The molecule has 7 nitrogen and oxygen atoms in total. The van der Waals surface area contributed by atoms with Crippen molar-refractivity contribution in [3.8, 4) is 11.4 Å². The van der Waals surface area contributed by atoms with Crippen molar-refractivity contribution in [3.05, 3.63) is 77.1 Å². The first-order valence-electron chi connectivity index (χ1n) is 9.66. The van der Waals surface area contributed by atoms with Crippen molar-refractivity contribution in [3.63, 3.8) is 0 Å². The molecule has 1 heterocycles. The summed E-state index contributed by atoms with van der Waals surface area (Å²) >= 11 is 0. The first-order valence-corrected chi connectivity index (χ1v) is 9.66. The summed E-state index contributed by atoms with van der Waals surface area (Å²) in [5, 5.41) is 7.16. The van der Waals surface area contributed by atoms with Gasteiger partial charge in [-0.3, -0.25) is 4.79 Å². The van der Waals surface area contributed by atoms with Crippen LogP contribution in [0.15, 0.2) is 54.6 Å². The molecule has 0 spiro atoms. The molecule has 2 aromatic carbocycles. The third kappa shape index (κ3) is 5.47. The summed E-state index contributed by atoms with van der Waals surface area (Å²) in [5.41, 5.74) is 4.25. The van der Waals surface area contributed by atoms with E-state index in [9.17, 15) is 9.59 Å². The molecule has 0 saturated heterocycles. The molecule has 7 heteroatoms. The van der Waals surface area contributed by atoms with E-state index in [2.05, 4.69) is 10.4 Å². The van der Waals surface area contributed by atoms with Crippen LogP contribution in [0, 0.1) is 13.8 Å². The Labute approximate surface area is 175 Å². The molecule has 156 valence electrons. The smallest absolute Gasteiger partial charge is 0.338 e. The summed E-state index contributed by atoms with van der Waals surface area (Å²) in [6, 6.07) is 16.5. The highest BCUT2D eigenvalue weighted by Crippen LogP contribution is 2.14. The number of hydrogen-bond acceptors (Lipinski definition) is 5. The second-order valence-corrected chi connectivity index (χ2v) is 6.91. The molecular formula is C23H25N3O4. The highest BCUT2D eigenvalue weighted by atomic mass is 16.5. The van der Waals surface area contributed by atoms with E-state index in [0.717, 1.165) is 28.4 Å². The van der Waals surface area contributed by atoms with E-state index in [1.165, 1.54) is 0 Å². The van der Waals surface area contributed by atoms with Gasteiger partial charge in [0.15, 0.2) is 6.61 Å². The minimum absolute atomic E-state index is 0.319. The Bertz CT molecular complexity index is 1010. The van der Waals surface area contributed by atoms with E-state index < -0.39 is 5.97 Å². The van der Waals surface area contributed by atoms with Crippen LogP contribution in [-0.2, 0) is 16.0 Å². The number of hydrogen-bond donors (Lipinski definition) is 1. The van der Waals surface area contributed by atoms with Gasteiger partial charge in [-0.05, 0) is 68.3 Å². The summed E-state index contributed by atoms with van der Waals surface area (Å²) in [5.74, 6) is -0.0889. The Balaban J connectivity index is 1.44. The van der Waals surface area contributed by atoms with Crippen LogP contribution >= 0.6 is 0 Å². The normalized spacial score (nSPS) is 10.5. The minimum atomic E-state index is -0.541. The number of carbonyl (C=O) groups excluding carboxylic acids is 2.